The van der Waals surface area contributed by atoms with Gasteiger partial charge in [-0.05, 0) is 25.1 Å². The van der Waals surface area contributed by atoms with Gasteiger partial charge in [0.25, 0.3) is 0 Å². The SMILES string of the molecule is COC(=O)c1cc(N)cnc1Nc1cccnc1C. The summed E-state index contributed by atoms with van der Waals surface area (Å²) in [4.78, 5) is 20.0. The third-order valence-electron chi connectivity index (χ3n) is 2.57. The molecule has 0 aliphatic carbocycles. The van der Waals surface area contributed by atoms with Gasteiger partial charge in [-0.3, -0.25) is 4.98 Å². The van der Waals surface area contributed by atoms with Crippen LogP contribution < -0.4 is 11.1 Å². The van der Waals surface area contributed by atoms with E-state index in [-0.39, 0.29) is 5.56 Å². The molecule has 19 heavy (non-hydrogen) atoms. The molecule has 0 atom stereocenters. The van der Waals surface area contributed by atoms with Gasteiger partial charge < -0.3 is 15.8 Å². The Hall–Kier alpha value is -2.63. The van der Waals surface area contributed by atoms with Crippen LogP contribution in [0.5, 0.6) is 0 Å². The number of rotatable bonds is 3. The summed E-state index contributed by atoms with van der Waals surface area (Å²) in [6.45, 7) is 1.86. The summed E-state index contributed by atoms with van der Waals surface area (Å²) in [5, 5.41) is 3.05. The van der Waals surface area contributed by atoms with Gasteiger partial charge in [0.05, 0.1) is 30.4 Å². The van der Waals surface area contributed by atoms with E-state index in [4.69, 9.17) is 10.5 Å². The molecule has 0 aliphatic rings. The molecule has 0 saturated heterocycles. The molecule has 0 saturated carbocycles. The van der Waals surface area contributed by atoms with E-state index in [1.165, 1.54) is 19.4 Å². The van der Waals surface area contributed by atoms with Crippen molar-refractivity contribution < 1.29 is 9.53 Å². The maximum absolute atomic E-state index is 11.7. The standard InChI is InChI=1S/C13H14N4O2/c1-8-11(4-3-5-15-8)17-12-10(13(18)19-2)6-9(14)7-16-12/h3-7H,14H2,1-2H3,(H,16,17). The number of hydrogen-bond acceptors (Lipinski definition) is 6. The number of methoxy groups -OCH3 is 1. The fourth-order valence-corrected chi connectivity index (χ4v) is 1.59. The van der Waals surface area contributed by atoms with Crippen molar-refractivity contribution in [3.8, 4) is 0 Å². The summed E-state index contributed by atoms with van der Waals surface area (Å²) in [6.07, 6.45) is 3.17. The van der Waals surface area contributed by atoms with E-state index in [1.807, 2.05) is 13.0 Å². The van der Waals surface area contributed by atoms with Crippen LogP contribution in [-0.2, 0) is 4.74 Å². The van der Waals surface area contributed by atoms with Crippen LogP contribution in [0.1, 0.15) is 16.1 Å². The molecule has 0 radical (unpaired) electrons. The zero-order chi connectivity index (χ0) is 13.8. The maximum Gasteiger partial charge on any atom is 0.341 e. The predicted molar refractivity (Wildman–Crippen MR) is 72.2 cm³/mol. The third-order valence-corrected chi connectivity index (χ3v) is 2.57. The van der Waals surface area contributed by atoms with Gasteiger partial charge in [0.2, 0.25) is 0 Å². The minimum Gasteiger partial charge on any atom is -0.465 e. The normalized spacial score (nSPS) is 10.0. The number of nitrogens with one attached hydrogen (secondary N) is 1. The first-order valence-corrected chi connectivity index (χ1v) is 5.64. The first-order valence-electron chi connectivity index (χ1n) is 5.64. The van der Waals surface area contributed by atoms with Crippen LogP contribution in [0.15, 0.2) is 30.6 Å². The van der Waals surface area contributed by atoms with Gasteiger partial charge in [-0.2, -0.15) is 0 Å². The molecular formula is C13H14N4O2. The quantitative estimate of drug-likeness (QED) is 0.817. The highest BCUT2D eigenvalue weighted by molar-refractivity contribution is 5.96. The van der Waals surface area contributed by atoms with E-state index in [0.717, 1.165) is 11.4 Å². The van der Waals surface area contributed by atoms with E-state index < -0.39 is 5.97 Å². The van der Waals surface area contributed by atoms with Crippen LogP contribution in [0.3, 0.4) is 0 Å². The molecule has 2 heterocycles. The molecule has 0 bridgehead atoms. The van der Waals surface area contributed by atoms with Crippen molar-refractivity contribution in [1.82, 2.24) is 9.97 Å². The van der Waals surface area contributed by atoms with Gasteiger partial charge >= 0.3 is 5.97 Å². The van der Waals surface area contributed by atoms with E-state index in [2.05, 4.69) is 15.3 Å². The van der Waals surface area contributed by atoms with Crippen molar-refractivity contribution in [2.45, 2.75) is 6.92 Å². The van der Waals surface area contributed by atoms with Gasteiger partial charge in [-0.15, -0.1) is 0 Å². The number of carbonyl (C=O) groups excluding carboxylic acids is 1. The lowest BCUT2D eigenvalue weighted by molar-refractivity contribution is 0.0601. The largest absolute Gasteiger partial charge is 0.465 e. The highest BCUT2D eigenvalue weighted by Crippen LogP contribution is 2.22. The molecule has 0 amide bonds. The predicted octanol–water partition coefficient (Wildman–Crippen LogP) is 1.90. The number of nitrogens with zero attached hydrogens (tertiary/aromatic N) is 2. The van der Waals surface area contributed by atoms with Crippen LogP contribution >= 0.6 is 0 Å². The maximum atomic E-state index is 11.7. The van der Waals surface area contributed by atoms with Crippen LogP contribution in [-0.4, -0.2) is 23.0 Å². The minimum atomic E-state index is -0.496. The van der Waals surface area contributed by atoms with E-state index in [1.54, 1.807) is 12.3 Å². The molecule has 6 heteroatoms. The molecular weight excluding hydrogens is 244 g/mol. The lowest BCUT2D eigenvalue weighted by atomic mass is 10.2. The Kier molecular flexibility index (Phi) is 3.61. The summed E-state index contributed by atoms with van der Waals surface area (Å²) >= 11 is 0. The molecule has 0 aromatic carbocycles. The van der Waals surface area contributed by atoms with Crippen molar-refractivity contribution in [2.75, 3.05) is 18.2 Å². The summed E-state index contributed by atoms with van der Waals surface area (Å²) in [7, 11) is 1.31. The zero-order valence-electron chi connectivity index (χ0n) is 10.7. The van der Waals surface area contributed by atoms with Gasteiger partial charge in [-0.25, -0.2) is 9.78 Å². The monoisotopic (exact) mass is 258 g/mol. The number of aromatic nitrogens is 2. The number of nitrogens with two attached hydrogens (primary N) is 1. The molecule has 3 N–H and O–H groups in total. The number of esters is 1. The second-order valence-corrected chi connectivity index (χ2v) is 3.92. The van der Waals surface area contributed by atoms with Gasteiger partial charge in [0.15, 0.2) is 0 Å². The first-order chi connectivity index (χ1) is 9.11. The number of aryl methyl sites for hydroxylation is 1. The Morgan fingerprint density at radius 1 is 1.42 bits per heavy atom. The Labute approximate surface area is 110 Å². The molecule has 6 nitrogen and oxygen atoms in total. The molecule has 0 spiro atoms. The van der Waals surface area contributed by atoms with E-state index >= 15 is 0 Å². The average Bonchev–Trinajstić information content (AvgIpc) is 2.42. The second kappa shape index (κ2) is 5.34. The van der Waals surface area contributed by atoms with E-state index in [9.17, 15) is 4.79 Å². The number of carbonyl (C=O) groups is 1. The molecule has 2 aromatic rings. The fraction of sp³-hybridized carbons (Fsp3) is 0.154. The minimum absolute atomic E-state index is 0.283. The summed E-state index contributed by atoms with van der Waals surface area (Å²) in [5.74, 6) is -0.110. The topological polar surface area (TPSA) is 90.1 Å². The molecule has 2 rings (SSSR count). The second-order valence-electron chi connectivity index (χ2n) is 3.92. The molecule has 0 unspecified atom stereocenters. The van der Waals surface area contributed by atoms with Crippen molar-refractivity contribution in [2.24, 2.45) is 0 Å². The smallest absolute Gasteiger partial charge is 0.341 e. The van der Waals surface area contributed by atoms with Crippen LogP contribution in [0.25, 0.3) is 0 Å². The number of pyridine rings is 2. The Morgan fingerprint density at radius 2 is 2.21 bits per heavy atom. The lowest BCUT2D eigenvalue weighted by Gasteiger charge is -2.11. The highest BCUT2D eigenvalue weighted by atomic mass is 16.5. The molecule has 0 fully saturated rings. The molecule has 0 aliphatic heterocycles. The third kappa shape index (κ3) is 2.79. The van der Waals surface area contributed by atoms with Crippen LogP contribution in [0.4, 0.5) is 17.2 Å². The van der Waals surface area contributed by atoms with Crippen molar-refractivity contribution in [3.63, 3.8) is 0 Å². The summed E-state index contributed by atoms with van der Waals surface area (Å²) < 4.78 is 4.71. The molecule has 98 valence electrons. The number of hydrogen-bond donors (Lipinski definition) is 2. The summed E-state index contributed by atoms with van der Waals surface area (Å²) in [5.41, 5.74) is 7.88. The van der Waals surface area contributed by atoms with Crippen molar-refractivity contribution in [3.05, 3.63) is 41.9 Å². The van der Waals surface area contributed by atoms with E-state index in [0.29, 0.717) is 11.5 Å². The van der Waals surface area contributed by atoms with Gasteiger partial charge in [0.1, 0.15) is 11.4 Å². The first kappa shape index (κ1) is 12.8. The fourth-order valence-electron chi connectivity index (χ4n) is 1.59. The van der Waals surface area contributed by atoms with Crippen molar-refractivity contribution in [1.29, 1.82) is 0 Å². The van der Waals surface area contributed by atoms with Crippen molar-refractivity contribution >= 4 is 23.2 Å². The number of anilines is 3. The Morgan fingerprint density at radius 3 is 2.89 bits per heavy atom. The number of nitrogen functional groups attached to an aromatic ring is 1. The Bertz CT molecular complexity index is 613. The average molecular weight is 258 g/mol. The van der Waals surface area contributed by atoms with Crippen LogP contribution in [0.2, 0.25) is 0 Å². The van der Waals surface area contributed by atoms with Gasteiger partial charge in [-0.1, -0.05) is 0 Å². The highest BCUT2D eigenvalue weighted by Gasteiger charge is 2.14. The lowest BCUT2D eigenvalue weighted by Crippen LogP contribution is -2.09. The van der Waals surface area contributed by atoms with Crippen LogP contribution in [0, 0.1) is 6.92 Å². The Balaban J connectivity index is 2.40. The molecule has 2 aromatic heterocycles. The van der Waals surface area contributed by atoms with Gasteiger partial charge in [0, 0.05) is 6.20 Å². The summed E-state index contributed by atoms with van der Waals surface area (Å²) in [6, 6.07) is 5.17. The number of ether oxygens (including phenoxy) is 1. The zero-order valence-corrected chi connectivity index (χ0v) is 10.7.